The number of hydrogen-bond acceptors (Lipinski definition) is 2. The fraction of sp³-hybridized carbons (Fsp3) is 0.650. The predicted molar refractivity (Wildman–Crippen MR) is 97.0 cm³/mol. The summed E-state index contributed by atoms with van der Waals surface area (Å²) in [5.74, 6) is 2.34. The number of fused-ring (bicyclic) bond motifs is 7. The smallest absolute Gasteiger partial charge is 0.337 e. The minimum Gasteiger partial charge on any atom is -0.478 e. The van der Waals surface area contributed by atoms with Gasteiger partial charge in [-0.1, -0.05) is 38.3 Å². The molecule has 0 amide bonds. The van der Waals surface area contributed by atoms with Gasteiger partial charge in [-0.2, -0.15) is 0 Å². The van der Waals surface area contributed by atoms with Gasteiger partial charge in [0.15, 0.2) is 0 Å². The van der Waals surface area contributed by atoms with E-state index in [1.165, 1.54) is 24.8 Å². The molecule has 5 atom stereocenters. The summed E-state index contributed by atoms with van der Waals surface area (Å²) >= 11 is 6.28. The summed E-state index contributed by atoms with van der Waals surface area (Å²) in [4.78, 5) is 11.8. The minimum atomic E-state index is -0.883. The van der Waals surface area contributed by atoms with E-state index in [-0.39, 0.29) is 0 Å². The van der Waals surface area contributed by atoms with E-state index in [9.17, 15) is 9.90 Å². The molecule has 4 heteroatoms. The lowest BCUT2D eigenvalue weighted by Crippen LogP contribution is -2.45. The van der Waals surface area contributed by atoms with Crippen molar-refractivity contribution < 1.29 is 9.90 Å². The number of halogens is 1. The van der Waals surface area contributed by atoms with E-state index in [2.05, 4.69) is 19.2 Å². The molecular weight excluding hydrogens is 322 g/mol. The molecule has 1 heterocycles. The fourth-order valence-corrected chi connectivity index (χ4v) is 6.25. The Morgan fingerprint density at radius 1 is 1.29 bits per heavy atom. The molecule has 1 aliphatic heterocycles. The van der Waals surface area contributed by atoms with Gasteiger partial charge in [0.1, 0.15) is 0 Å². The first kappa shape index (κ1) is 16.3. The number of anilines is 1. The van der Waals surface area contributed by atoms with E-state index in [1.54, 1.807) is 6.07 Å². The molecule has 3 nitrogen and oxygen atoms in total. The molecule has 2 N–H and O–H groups in total. The number of hydrogen-bond donors (Lipinski definition) is 2. The van der Waals surface area contributed by atoms with Crippen LogP contribution in [0.2, 0.25) is 5.02 Å². The second-order valence-corrected chi connectivity index (χ2v) is 8.34. The summed E-state index contributed by atoms with van der Waals surface area (Å²) in [6.07, 6.45) is 6.21. The fourth-order valence-electron chi connectivity index (χ4n) is 6.03. The molecule has 1 aromatic rings. The molecule has 2 bridgehead atoms. The number of benzene rings is 1. The third kappa shape index (κ3) is 2.28. The highest BCUT2D eigenvalue weighted by Crippen LogP contribution is 2.62. The average molecular weight is 348 g/mol. The molecule has 2 saturated carbocycles. The van der Waals surface area contributed by atoms with E-state index in [1.807, 2.05) is 6.07 Å². The lowest BCUT2D eigenvalue weighted by Gasteiger charge is -2.46. The predicted octanol–water partition coefficient (Wildman–Crippen LogP) is 5.40. The van der Waals surface area contributed by atoms with Crippen molar-refractivity contribution in [3.05, 3.63) is 28.3 Å². The number of nitrogens with one attached hydrogen (secondary N) is 1. The topological polar surface area (TPSA) is 49.3 Å². The summed E-state index contributed by atoms with van der Waals surface area (Å²) in [6, 6.07) is 4.03. The maximum absolute atomic E-state index is 11.8. The zero-order valence-electron chi connectivity index (χ0n) is 14.4. The van der Waals surface area contributed by atoms with Crippen molar-refractivity contribution in [3.8, 4) is 0 Å². The van der Waals surface area contributed by atoms with E-state index in [4.69, 9.17) is 11.6 Å². The van der Waals surface area contributed by atoms with Crippen molar-refractivity contribution >= 4 is 23.3 Å². The molecular formula is C20H26ClNO2. The monoisotopic (exact) mass is 347 g/mol. The Morgan fingerprint density at radius 2 is 2.00 bits per heavy atom. The van der Waals surface area contributed by atoms with Crippen LogP contribution >= 0.6 is 11.6 Å². The zero-order valence-corrected chi connectivity index (χ0v) is 15.1. The summed E-state index contributed by atoms with van der Waals surface area (Å²) in [5, 5.41) is 13.9. The van der Waals surface area contributed by atoms with Crippen LogP contribution in [-0.2, 0) is 0 Å². The van der Waals surface area contributed by atoms with E-state index in [0.717, 1.165) is 24.4 Å². The first-order valence-electron chi connectivity index (χ1n) is 9.38. The molecule has 0 aromatic heterocycles. The van der Waals surface area contributed by atoms with Gasteiger partial charge in [-0.05, 0) is 66.5 Å². The maximum atomic E-state index is 11.8. The van der Waals surface area contributed by atoms with Crippen LogP contribution in [0.25, 0.3) is 0 Å². The normalized spacial score (nSPS) is 33.2. The number of carboxylic acids is 1. The van der Waals surface area contributed by atoms with Gasteiger partial charge in [0.05, 0.1) is 11.3 Å². The number of rotatable bonds is 4. The van der Waals surface area contributed by atoms with E-state index in [0.29, 0.717) is 40.3 Å². The molecule has 4 rings (SSSR count). The maximum Gasteiger partial charge on any atom is 0.337 e. The van der Waals surface area contributed by atoms with Gasteiger partial charge >= 0.3 is 5.97 Å². The van der Waals surface area contributed by atoms with Gasteiger partial charge < -0.3 is 10.4 Å². The first-order chi connectivity index (χ1) is 11.5. The van der Waals surface area contributed by atoms with E-state index >= 15 is 0 Å². The molecule has 130 valence electrons. The Kier molecular flexibility index (Phi) is 4.03. The Balaban J connectivity index is 1.86. The summed E-state index contributed by atoms with van der Waals surface area (Å²) in [5.41, 5.74) is 2.35. The molecule has 2 fully saturated rings. The number of aromatic carboxylic acids is 1. The Morgan fingerprint density at radius 3 is 2.67 bits per heavy atom. The lowest BCUT2D eigenvalue weighted by atomic mass is 9.65. The standard InChI is InChI=1S/C20H26ClNO2/c1-3-10(4-2)18-17-12-6-5-11(7-12)16(17)14-8-13(21)9-15(20(23)24)19(14)22-18/h8-12,16-18,22H,3-7H2,1-2H3,(H,23,24)/t11-,12+,16+,17-,18+/m0/s1. The highest BCUT2D eigenvalue weighted by atomic mass is 35.5. The molecule has 3 aliphatic rings. The van der Waals surface area contributed by atoms with Gasteiger partial charge in [0.2, 0.25) is 0 Å². The summed E-state index contributed by atoms with van der Waals surface area (Å²) in [7, 11) is 0. The van der Waals surface area contributed by atoms with Crippen molar-refractivity contribution in [2.24, 2.45) is 23.7 Å². The molecule has 0 radical (unpaired) electrons. The van der Waals surface area contributed by atoms with Crippen molar-refractivity contribution in [3.63, 3.8) is 0 Å². The highest BCUT2D eigenvalue weighted by molar-refractivity contribution is 6.31. The quantitative estimate of drug-likeness (QED) is 0.766. The second-order valence-electron chi connectivity index (χ2n) is 7.91. The van der Waals surface area contributed by atoms with Gasteiger partial charge in [-0.15, -0.1) is 0 Å². The number of carboxylic acid groups (broad SMARTS) is 1. The van der Waals surface area contributed by atoms with E-state index < -0.39 is 5.97 Å². The van der Waals surface area contributed by atoms with Gasteiger partial charge in [-0.3, -0.25) is 0 Å². The van der Waals surface area contributed by atoms with Crippen LogP contribution in [0.4, 0.5) is 5.69 Å². The van der Waals surface area contributed by atoms with Crippen LogP contribution in [0.1, 0.15) is 67.8 Å². The molecule has 0 unspecified atom stereocenters. The molecule has 0 saturated heterocycles. The van der Waals surface area contributed by atoms with Crippen molar-refractivity contribution in [2.75, 3.05) is 5.32 Å². The van der Waals surface area contributed by atoms with Crippen molar-refractivity contribution in [1.82, 2.24) is 0 Å². The second kappa shape index (κ2) is 5.94. The van der Waals surface area contributed by atoms with Gasteiger partial charge in [0, 0.05) is 11.1 Å². The Bertz CT molecular complexity index is 670. The largest absolute Gasteiger partial charge is 0.478 e. The SMILES string of the molecule is CCC(CC)[C@H]1Nc2c(C(=O)O)cc(Cl)cc2[C@H]2[C@H]3CC[C@H](C3)[C@@H]21. The molecule has 24 heavy (non-hydrogen) atoms. The third-order valence-corrected chi connectivity index (χ3v) is 7.20. The third-order valence-electron chi connectivity index (χ3n) is 6.99. The van der Waals surface area contributed by atoms with Gasteiger partial charge in [0.25, 0.3) is 0 Å². The average Bonchev–Trinajstić information content (AvgIpc) is 3.17. The first-order valence-corrected chi connectivity index (χ1v) is 9.76. The highest BCUT2D eigenvalue weighted by Gasteiger charge is 2.54. The van der Waals surface area contributed by atoms with Crippen LogP contribution in [0.15, 0.2) is 12.1 Å². The van der Waals surface area contributed by atoms with Crippen LogP contribution in [0, 0.1) is 23.7 Å². The zero-order chi connectivity index (χ0) is 17.0. The minimum absolute atomic E-state index is 0.342. The van der Waals surface area contributed by atoms with Crippen LogP contribution in [-0.4, -0.2) is 17.1 Å². The van der Waals surface area contributed by atoms with Crippen molar-refractivity contribution in [2.45, 2.75) is 57.9 Å². The van der Waals surface area contributed by atoms with Crippen LogP contribution in [0.3, 0.4) is 0 Å². The number of carbonyl (C=O) groups is 1. The summed E-state index contributed by atoms with van der Waals surface area (Å²) in [6.45, 7) is 4.51. The molecule has 0 spiro atoms. The summed E-state index contributed by atoms with van der Waals surface area (Å²) < 4.78 is 0. The van der Waals surface area contributed by atoms with Gasteiger partial charge in [-0.25, -0.2) is 4.79 Å². The lowest BCUT2D eigenvalue weighted by molar-refractivity contribution is 0.0697. The molecule has 2 aliphatic carbocycles. The van der Waals surface area contributed by atoms with Crippen LogP contribution < -0.4 is 5.32 Å². The van der Waals surface area contributed by atoms with Crippen LogP contribution in [0.5, 0.6) is 0 Å². The Hall–Kier alpha value is -1.22. The Labute approximate surface area is 148 Å². The molecule has 1 aromatic carbocycles. The van der Waals surface area contributed by atoms with Crippen molar-refractivity contribution in [1.29, 1.82) is 0 Å².